The summed E-state index contributed by atoms with van der Waals surface area (Å²) in [5.74, 6) is 2.03. The van der Waals surface area contributed by atoms with Crippen LogP contribution in [-0.4, -0.2) is 38.8 Å². The van der Waals surface area contributed by atoms with Gasteiger partial charge in [0.25, 0.3) is 0 Å². The normalized spacial score (nSPS) is 20.2. The molecule has 0 bridgehead atoms. The summed E-state index contributed by atoms with van der Waals surface area (Å²) < 4.78 is 11.3. The third-order valence-corrected chi connectivity index (χ3v) is 5.43. The maximum atomic E-state index is 12.4. The van der Waals surface area contributed by atoms with Crippen molar-refractivity contribution in [1.82, 2.24) is 10.6 Å². The highest BCUT2D eigenvalue weighted by molar-refractivity contribution is 5.85. The Morgan fingerprint density at radius 1 is 1.19 bits per heavy atom. The monoisotopic (exact) mass is 382 g/mol. The van der Waals surface area contributed by atoms with E-state index in [0.29, 0.717) is 25.2 Å². The van der Waals surface area contributed by atoms with E-state index in [9.17, 15) is 4.79 Å². The zero-order chi connectivity index (χ0) is 17.7. The number of halogens is 1. The van der Waals surface area contributed by atoms with Crippen molar-refractivity contribution in [3.63, 3.8) is 0 Å². The number of ether oxygens (including phenoxy) is 2. The van der Waals surface area contributed by atoms with E-state index in [1.165, 1.54) is 0 Å². The Bertz CT molecular complexity index is 603. The highest BCUT2D eigenvalue weighted by Crippen LogP contribution is 2.58. The average Bonchev–Trinajstić information content (AvgIpc) is 3.31. The van der Waals surface area contributed by atoms with Gasteiger partial charge in [0.2, 0.25) is 5.91 Å². The summed E-state index contributed by atoms with van der Waals surface area (Å²) in [6, 6.07) is 6.02. The summed E-state index contributed by atoms with van der Waals surface area (Å²) in [7, 11) is 0. The molecule has 1 saturated carbocycles. The number of hydrogen-bond donors (Lipinski definition) is 2. The first-order chi connectivity index (χ1) is 12.2. The van der Waals surface area contributed by atoms with E-state index in [1.807, 2.05) is 32.0 Å². The van der Waals surface area contributed by atoms with Gasteiger partial charge in [-0.2, -0.15) is 0 Å². The average molecular weight is 383 g/mol. The van der Waals surface area contributed by atoms with Crippen LogP contribution in [0.5, 0.6) is 11.5 Å². The van der Waals surface area contributed by atoms with Crippen molar-refractivity contribution in [2.24, 2.45) is 11.3 Å². The molecule has 1 aliphatic carbocycles. The van der Waals surface area contributed by atoms with Crippen LogP contribution < -0.4 is 20.1 Å². The molecule has 1 unspecified atom stereocenters. The van der Waals surface area contributed by atoms with Gasteiger partial charge in [-0.05, 0) is 75.7 Å². The topological polar surface area (TPSA) is 59.6 Å². The first-order valence-electron chi connectivity index (χ1n) is 9.55. The molecule has 146 valence electrons. The van der Waals surface area contributed by atoms with Gasteiger partial charge < -0.3 is 20.1 Å². The van der Waals surface area contributed by atoms with Crippen LogP contribution >= 0.6 is 12.4 Å². The van der Waals surface area contributed by atoms with Crippen molar-refractivity contribution in [2.45, 2.75) is 39.5 Å². The van der Waals surface area contributed by atoms with Crippen molar-refractivity contribution in [3.8, 4) is 11.5 Å². The van der Waals surface area contributed by atoms with E-state index in [-0.39, 0.29) is 24.2 Å². The van der Waals surface area contributed by atoms with Crippen LogP contribution in [-0.2, 0) is 11.2 Å². The molecule has 1 aliphatic heterocycles. The molecule has 2 N–H and O–H groups in total. The highest BCUT2D eigenvalue weighted by atomic mass is 35.5. The number of rotatable bonds is 8. The fraction of sp³-hybridized carbons (Fsp3) is 0.650. The minimum atomic E-state index is 0. The van der Waals surface area contributed by atoms with Gasteiger partial charge in [-0.25, -0.2) is 0 Å². The van der Waals surface area contributed by atoms with Crippen molar-refractivity contribution < 1.29 is 14.3 Å². The number of piperidine rings is 1. The molecule has 1 aromatic carbocycles. The quantitative estimate of drug-likeness (QED) is 0.725. The van der Waals surface area contributed by atoms with E-state index < -0.39 is 0 Å². The van der Waals surface area contributed by atoms with E-state index >= 15 is 0 Å². The Hall–Kier alpha value is -1.46. The SMILES string of the molecule is CCOc1ccc(CCNC(=O)C2CC23CCNCC3)cc1OCC.Cl. The molecule has 1 spiro atoms. The summed E-state index contributed by atoms with van der Waals surface area (Å²) in [6.07, 6.45) is 4.15. The van der Waals surface area contributed by atoms with Crippen molar-refractivity contribution in [2.75, 3.05) is 32.8 Å². The van der Waals surface area contributed by atoms with Crippen LogP contribution in [0.2, 0.25) is 0 Å². The van der Waals surface area contributed by atoms with Crippen LogP contribution in [0.15, 0.2) is 18.2 Å². The molecule has 2 fully saturated rings. The standard InChI is InChI=1S/C20H30N2O3.ClH/c1-3-24-17-6-5-15(13-18(17)25-4-2)7-10-22-19(23)16-14-20(16)8-11-21-12-9-20;/h5-6,13,16,21H,3-4,7-12,14H2,1-2H3,(H,22,23);1H. The molecule has 1 aromatic rings. The van der Waals surface area contributed by atoms with Gasteiger partial charge >= 0.3 is 0 Å². The first-order valence-corrected chi connectivity index (χ1v) is 9.55. The number of carbonyl (C=O) groups is 1. The van der Waals surface area contributed by atoms with E-state index in [0.717, 1.165) is 55.8 Å². The van der Waals surface area contributed by atoms with Crippen molar-refractivity contribution in [1.29, 1.82) is 0 Å². The third kappa shape index (κ3) is 4.83. The van der Waals surface area contributed by atoms with Gasteiger partial charge in [0.15, 0.2) is 11.5 Å². The predicted molar refractivity (Wildman–Crippen MR) is 105 cm³/mol. The number of benzene rings is 1. The Morgan fingerprint density at radius 3 is 2.58 bits per heavy atom. The van der Waals surface area contributed by atoms with E-state index in [4.69, 9.17) is 9.47 Å². The summed E-state index contributed by atoms with van der Waals surface area (Å²) in [5, 5.41) is 6.50. The third-order valence-electron chi connectivity index (χ3n) is 5.43. The zero-order valence-electron chi connectivity index (χ0n) is 15.8. The van der Waals surface area contributed by atoms with Gasteiger partial charge in [-0.15, -0.1) is 12.4 Å². The molecule has 0 radical (unpaired) electrons. The van der Waals surface area contributed by atoms with Crippen LogP contribution in [0.3, 0.4) is 0 Å². The number of nitrogens with one attached hydrogen (secondary N) is 2. The number of carbonyl (C=O) groups excluding carboxylic acids is 1. The smallest absolute Gasteiger partial charge is 0.223 e. The maximum Gasteiger partial charge on any atom is 0.223 e. The number of amides is 1. The molecule has 1 saturated heterocycles. The van der Waals surface area contributed by atoms with Gasteiger partial charge in [0, 0.05) is 12.5 Å². The molecular weight excluding hydrogens is 352 g/mol. The summed E-state index contributed by atoms with van der Waals surface area (Å²) in [4.78, 5) is 12.4. The van der Waals surface area contributed by atoms with Crippen LogP contribution in [0.25, 0.3) is 0 Å². The predicted octanol–water partition coefficient (Wildman–Crippen LogP) is 2.95. The van der Waals surface area contributed by atoms with E-state index in [1.54, 1.807) is 0 Å². The van der Waals surface area contributed by atoms with Crippen LogP contribution in [0.4, 0.5) is 0 Å². The minimum absolute atomic E-state index is 0. The fourth-order valence-corrected chi connectivity index (χ4v) is 3.90. The number of hydrogen-bond acceptors (Lipinski definition) is 4. The lowest BCUT2D eigenvalue weighted by Crippen LogP contribution is -2.34. The first kappa shape index (κ1) is 20.8. The lowest BCUT2D eigenvalue weighted by Gasteiger charge is -2.23. The minimum Gasteiger partial charge on any atom is -0.490 e. The second-order valence-corrected chi connectivity index (χ2v) is 7.06. The Balaban J connectivity index is 0.00000243. The van der Waals surface area contributed by atoms with Crippen LogP contribution in [0.1, 0.15) is 38.7 Å². The molecule has 3 rings (SSSR count). The summed E-state index contributed by atoms with van der Waals surface area (Å²) >= 11 is 0. The van der Waals surface area contributed by atoms with Gasteiger partial charge in [-0.3, -0.25) is 4.79 Å². The Morgan fingerprint density at radius 2 is 1.88 bits per heavy atom. The summed E-state index contributed by atoms with van der Waals surface area (Å²) in [5.41, 5.74) is 1.45. The lowest BCUT2D eigenvalue weighted by molar-refractivity contribution is -0.123. The summed E-state index contributed by atoms with van der Waals surface area (Å²) in [6.45, 7) is 7.93. The van der Waals surface area contributed by atoms with Crippen LogP contribution in [0, 0.1) is 11.3 Å². The van der Waals surface area contributed by atoms with Gasteiger partial charge in [0.1, 0.15) is 0 Å². The second-order valence-electron chi connectivity index (χ2n) is 7.06. The highest BCUT2D eigenvalue weighted by Gasteiger charge is 2.57. The zero-order valence-corrected chi connectivity index (χ0v) is 16.6. The molecule has 1 heterocycles. The molecule has 1 amide bonds. The fourth-order valence-electron chi connectivity index (χ4n) is 3.90. The van der Waals surface area contributed by atoms with Gasteiger partial charge in [0.05, 0.1) is 13.2 Å². The largest absolute Gasteiger partial charge is 0.490 e. The molecule has 26 heavy (non-hydrogen) atoms. The van der Waals surface area contributed by atoms with Crippen molar-refractivity contribution >= 4 is 18.3 Å². The maximum absolute atomic E-state index is 12.4. The Labute approximate surface area is 162 Å². The molecule has 1 atom stereocenters. The second kappa shape index (κ2) is 9.47. The van der Waals surface area contributed by atoms with E-state index in [2.05, 4.69) is 10.6 Å². The molecular formula is C20H31ClN2O3. The molecule has 0 aromatic heterocycles. The lowest BCUT2D eigenvalue weighted by atomic mass is 9.92. The molecule has 5 nitrogen and oxygen atoms in total. The molecule has 2 aliphatic rings. The Kier molecular flexibility index (Phi) is 7.59. The van der Waals surface area contributed by atoms with Gasteiger partial charge in [-0.1, -0.05) is 6.07 Å². The molecule has 6 heteroatoms. The van der Waals surface area contributed by atoms with Crippen molar-refractivity contribution in [3.05, 3.63) is 23.8 Å².